The topological polar surface area (TPSA) is 87.7 Å². The zero-order valence-corrected chi connectivity index (χ0v) is 17.3. The highest BCUT2D eigenvalue weighted by Gasteiger charge is 2.30. The van der Waals surface area contributed by atoms with Gasteiger partial charge < -0.3 is 10.1 Å². The second-order valence-corrected chi connectivity index (χ2v) is 8.13. The number of hydrogen-bond donors (Lipinski definition) is 3. The lowest BCUT2D eigenvalue weighted by Gasteiger charge is -2.20. The van der Waals surface area contributed by atoms with Gasteiger partial charge in [-0.05, 0) is 48.4 Å². The van der Waals surface area contributed by atoms with E-state index in [1.807, 2.05) is 27.7 Å². The minimum absolute atomic E-state index is 0.0548. The highest BCUT2D eigenvalue weighted by molar-refractivity contribution is 5.85. The maximum absolute atomic E-state index is 12.4. The van der Waals surface area contributed by atoms with E-state index < -0.39 is 18.0 Å². The summed E-state index contributed by atoms with van der Waals surface area (Å²) < 4.78 is 5.51. The quantitative estimate of drug-likeness (QED) is 0.507. The van der Waals surface area contributed by atoms with Gasteiger partial charge in [-0.1, -0.05) is 61.4 Å². The van der Waals surface area contributed by atoms with Crippen LogP contribution in [0.5, 0.6) is 0 Å². The van der Waals surface area contributed by atoms with E-state index in [1.165, 1.54) is 0 Å². The van der Waals surface area contributed by atoms with Crippen LogP contribution in [0.25, 0.3) is 11.1 Å². The molecule has 29 heavy (non-hydrogen) atoms. The van der Waals surface area contributed by atoms with Gasteiger partial charge in [0.05, 0.1) is 0 Å². The van der Waals surface area contributed by atoms with E-state index in [9.17, 15) is 9.59 Å². The summed E-state index contributed by atoms with van der Waals surface area (Å²) in [6, 6.07) is 11.8. The third kappa shape index (κ3) is 4.59. The second kappa shape index (κ2) is 8.66. The van der Waals surface area contributed by atoms with Crippen LogP contribution in [0.1, 0.15) is 48.4 Å². The summed E-state index contributed by atoms with van der Waals surface area (Å²) in [5.41, 5.74) is 8.52. The molecule has 1 unspecified atom stereocenters. The molecule has 0 heterocycles. The van der Waals surface area contributed by atoms with E-state index in [2.05, 4.69) is 41.7 Å². The molecule has 1 atom stereocenters. The summed E-state index contributed by atoms with van der Waals surface area (Å²) in [7, 11) is 0. The molecular formula is C23H28N2O4. The van der Waals surface area contributed by atoms with Gasteiger partial charge in [0.2, 0.25) is 0 Å². The number of hydrogen-bond acceptors (Lipinski definition) is 4. The fourth-order valence-corrected chi connectivity index (χ4v) is 3.90. The number of rotatable bonds is 6. The summed E-state index contributed by atoms with van der Waals surface area (Å²) in [6.07, 6.45) is -0.274. The van der Waals surface area contributed by atoms with Gasteiger partial charge in [0.15, 0.2) is 0 Å². The minimum atomic E-state index is -0.847. The predicted molar refractivity (Wildman–Crippen MR) is 111 cm³/mol. The molecule has 3 N–H and O–H groups in total. The van der Waals surface area contributed by atoms with E-state index in [1.54, 1.807) is 5.48 Å². The number of aryl methyl sites for hydroxylation is 2. The summed E-state index contributed by atoms with van der Waals surface area (Å²) in [5, 5.41) is 11.5. The van der Waals surface area contributed by atoms with Crippen LogP contribution in [0.2, 0.25) is 0 Å². The second-order valence-electron chi connectivity index (χ2n) is 8.13. The Morgan fingerprint density at radius 3 is 2.07 bits per heavy atom. The zero-order chi connectivity index (χ0) is 21.1. The number of amides is 2. The van der Waals surface area contributed by atoms with Crippen molar-refractivity contribution in [3.8, 4) is 11.1 Å². The fourth-order valence-electron chi connectivity index (χ4n) is 3.90. The van der Waals surface area contributed by atoms with Crippen LogP contribution in [0.3, 0.4) is 0 Å². The van der Waals surface area contributed by atoms with Gasteiger partial charge in [0.1, 0.15) is 12.6 Å². The van der Waals surface area contributed by atoms with Crippen LogP contribution in [0.4, 0.5) is 4.79 Å². The van der Waals surface area contributed by atoms with Gasteiger partial charge >= 0.3 is 6.09 Å². The van der Waals surface area contributed by atoms with E-state index in [0.29, 0.717) is 6.42 Å². The van der Waals surface area contributed by atoms with Crippen LogP contribution in [-0.4, -0.2) is 29.9 Å². The molecule has 2 aromatic rings. The van der Waals surface area contributed by atoms with Gasteiger partial charge in [0, 0.05) is 5.92 Å². The third-order valence-electron chi connectivity index (χ3n) is 5.26. The minimum Gasteiger partial charge on any atom is -0.449 e. The first kappa shape index (κ1) is 20.9. The standard InChI is InChI=1S/C23H28N2O4/c1-13(2)9-21(22(26)25-28)24-23(27)29-12-20-18-10-14(3)5-7-16(18)17-8-6-15(4)11-19(17)20/h5-8,10-11,13,20-21,28H,9,12H2,1-4H3,(H,24,27)(H,25,26). The van der Waals surface area contributed by atoms with Crippen molar-refractivity contribution < 1.29 is 19.5 Å². The molecule has 0 fully saturated rings. The smallest absolute Gasteiger partial charge is 0.407 e. The van der Waals surface area contributed by atoms with Crippen molar-refractivity contribution >= 4 is 12.0 Å². The van der Waals surface area contributed by atoms with Crippen molar-refractivity contribution in [2.45, 2.75) is 46.1 Å². The number of fused-ring (bicyclic) bond motifs is 3. The molecule has 1 aliphatic rings. The first-order valence-electron chi connectivity index (χ1n) is 9.88. The number of carbonyl (C=O) groups excluding carboxylic acids is 2. The highest BCUT2D eigenvalue weighted by atomic mass is 16.5. The van der Waals surface area contributed by atoms with Gasteiger partial charge in [-0.25, -0.2) is 10.3 Å². The average Bonchev–Trinajstić information content (AvgIpc) is 2.96. The van der Waals surface area contributed by atoms with Crippen LogP contribution < -0.4 is 10.8 Å². The predicted octanol–water partition coefficient (Wildman–Crippen LogP) is 4.06. The summed E-state index contributed by atoms with van der Waals surface area (Å²) in [6.45, 7) is 8.13. The summed E-state index contributed by atoms with van der Waals surface area (Å²) in [4.78, 5) is 24.2. The normalized spacial score (nSPS) is 13.6. The molecule has 6 heteroatoms. The monoisotopic (exact) mass is 396 g/mol. The molecule has 3 rings (SSSR count). The first-order chi connectivity index (χ1) is 13.8. The number of carbonyl (C=O) groups is 2. The molecule has 154 valence electrons. The van der Waals surface area contributed by atoms with Crippen LogP contribution >= 0.6 is 0 Å². The Bertz CT molecular complexity index is 872. The van der Waals surface area contributed by atoms with Crippen LogP contribution in [-0.2, 0) is 9.53 Å². The van der Waals surface area contributed by atoms with Crippen molar-refractivity contribution in [2.24, 2.45) is 5.92 Å². The van der Waals surface area contributed by atoms with Crippen LogP contribution in [0.15, 0.2) is 36.4 Å². The molecule has 0 bridgehead atoms. The molecule has 0 radical (unpaired) electrons. The number of benzene rings is 2. The Labute approximate surface area is 171 Å². The Morgan fingerprint density at radius 1 is 1.03 bits per heavy atom. The van der Waals surface area contributed by atoms with E-state index >= 15 is 0 Å². The molecule has 6 nitrogen and oxygen atoms in total. The molecule has 0 aromatic heterocycles. The van der Waals surface area contributed by atoms with Crippen molar-refractivity contribution in [3.63, 3.8) is 0 Å². The van der Waals surface area contributed by atoms with E-state index in [0.717, 1.165) is 33.4 Å². The lowest BCUT2D eigenvalue weighted by atomic mass is 9.96. The molecule has 0 saturated carbocycles. The van der Waals surface area contributed by atoms with E-state index in [-0.39, 0.29) is 18.4 Å². The molecule has 0 aliphatic heterocycles. The van der Waals surface area contributed by atoms with Gasteiger partial charge in [0.25, 0.3) is 5.91 Å². The third-order valence-corrected chi connectivity index (χ3v) is 5.26. The van der Waals surface area contributed by atoms with Crippen molar-refractivity contribution in [2.75, 3.05) is 6.61 Å². The molecule has 2 amide bonds. The molecular weight excluding hydrogens is 368 g/mol. The average molecular weight is 396 g/mol. The number of ether oxygens (including phenoxy) is 1. The molecule has 0 saturated heterocycles. The fraction of sp³-hybridized carbons (Fsp3) is 0.391. The first-order valence-corrected chi connectivity index (χ1v) is 9.88. The molecule has 2 aromatic carbocycles. The number of alkyl carbamates (subject to hydrolysis) is 1. The van der Waals surface area contributed by atoms with Crippen molar-refractivity contribution in [1.82, 2.24) is 10.8 Å². The Balaban J connectivity index is 1.76. The zero-order valence-electron chi connectivity index (χ0n) is 17.3. The lowest BCUT2D eigenvalue weighted by Crippen LogP contribution is -2.46. The summed E-state index contributed by atoms with van der Waals surface area (Å²) >= 11 is 0. The van der Waals surface area contributed by atoms with E-state index in [4.69, 9.17) is 9.94 Å². The number of nitrogens with one attached hydrogen (secondary N) is 2. The largest absolute Gasteiger partial charge is 0.449 e. The Hall–Kier alpha value is -2.86. The van der Waals surface area contributed by atoms with Gasteiger partial charge in [-0.2, -0.15) is 0 Å². The summed E-state index contributed by atoms with van der Waals surface area (Å²) in [5.74, 6) is -0.545. The lowest BCUT2D eigenvalue weighted by molar-refractivity contribution is -0.131. The number of hydroxylamine groups is 1. The van der Waals surface area contributed by atoms with Crippen molar-refractivity contribution in [1.29, 1.82) is 0 Å². The Morgan fingerprint density at radius 2 is 1.59 bits per heavy atom. The SMILES string of the molecule is Cc1ccc2c(c1)C(COC(=O)NC(CC(C)C)C(=O)NO)c1cc(C)ccc1-2. The maximum atomic E-state index is 12.4. The van der Waals surface area contributed by atoms with Gasteiger partial charge in [-0.15, -0.1) is 0 Å². The van der Waals surface area contributed by atoms with Crippen molar-refractivity contribution in [3.05, 3.63) is 58.7 Å². The van der Waals surface area contributed by atoms with Crippen LogP contribution in [0, 0.1) is 19.8 Å². The Kier molecular flexibility index (Phi) is 6.23. The highest BCUT2D eigenvalue weighted by Crippen LogP contribution is 2.45. The molecule has 0 spiro atoms. The van der Waals surface area contributed by atoms with Gasteiger partial charge in [-0.3, -0.25) is 10.0 Å². The molecule has 1 aliphatic carbocycles. The maximum Gasteiger partial charge on any atom is 0.407 e.